The van der Waals surface area contributed by atoms with Gasteiger partial charge in [0.25, 0.3) is 0 Å². The first-order valence-electron chi connectivity index (χ1n) is 7.46. The maximum Gasteiger partial charge on any atom is 0.125 e. The van der Waals surface area contributed by atoms with Gasteiger partial charge in [0.05, 0.1) is 12.7 Å². The SMILES string of the molecule is OC(CSC1CCCC1)Cc1cc(Br)cc2c1OCC2. The van der Waals surface area contributed by atoms with Crippen LogP contribution in [-0.2, 0) is 12.8 Å². The van der Waals surface area contributed by atoms with Crippen molar-refractivity contribution in [2.45, 2.75) is 49.9 Å². The van der Waals surface area contributed by atoms with Crippen LogP contribution in [0.5, 0.6) is 5.75 Å². The molecule has 1 atom stereocenters. The van der Waals surface area contributed by atoms with Crippen molar-refractivity contribution in [3.05, 3.63) is 27.7 Å². The minimum absolute atomic E-state index is 0.275. The zero-order valence-electron chi connectivity index (χ0n) is 11.6. The molecule has 4 heteroatoms. The fourth-order valence-electron chi connectivity index (χ4n) is 3.11. The van der Waals surface area contributed by atoms with Crippen molar-refractivity contribution in [2.24, 2.45) is 0 Å². The summed E-state index contributed by atoms with van der Waals surface area (Å²) in [6.45, 7) is 0.770. The zero-order chi connectivity index (χ0) is 13.9. The van der Waals surface area contributed by atoms with Gasteiger partial charge in [0.15, 0.2) is 0 Å². The van der Waals surface area contributed by atoms with E-state index < -0.39 is 0 Å². The normalized spacial score (nSPS) is 19.9. The number of halogens is 1. The molecule has 20 heavy (non-hydrogen) atoms. The molecule has 1 aliphatic carbocycles. The Kier molecular flexibility index (Phi) is 4.95. The lowest BCUT2D eigenvalue weighted by atomic mass is 10.0. The molecule has 1 saturated carbocycles. The van der Waals surface area contributed by atoms with E-state index in [1.165, 1.54) is 31.2 Å². The largest absolute Gasteiger partial charge is 0.493 e. The molecule has 2 nitrogen and oxygen atoms in total. The molecule has 3 rings (SSSR count). The topological polar surface area (TPSA) is 29.5 Å². The second kappa shape index (κ2) is 6.71. The van der Waals surface area contributed by atoms with Crippen LogP contribution in [0.1, 0.15) is 36.8 Å². The highest BCUT2D eigenvalue weighted by Gasteiger charge is 2.21. The Labute approximate surface area is 133 Å². The second-order valence-corrected chi connectivity index (χ2v) is 8.00. The summed E-state index contributed by atoms with van der Waals surface area (Å²) < 4.78 is 6.81. The molecule has 1 heterocycles. The van der Waals surface area contributed by atoms with Crippen LogP contribution in [0.25, 0.3) is 0 Å². The summed E-state index contributed by atoms with van der Waals surface area (Å²) in [6.07, 6.45) is 6.78. The Balaban J connectivity index is 1.59. The van der Waals surface area contributed by atoms with Crippen LogP contribution in [0.3, 0.4) is 0 Å². The van der Waals surface area contributed by atoms with E-state index in [-0.39, 0.29) is 6.10 Å². The standard InChI is InChI=1S/C16H21BrO2S/c17-13-7-11-5-6-19-16(11)12(8-13)9-14(18)10-20-15-3-1-2-4-15/h7-8,14-15,18H,1-6,9-10H2. The number of hydrogen-bond donors (Lipinski definition) is 1. The molecule has 0 aromatic heterocycles. The fourth-order valence-corrected chi connectivity index (χ4v) is 4.94. The van der Waals surface area contributed by atoms with Crippen LogP contribution in [0.2, 0.25) is 0 Å². The summed E-state index contributed by atoms with van der Waals surface area (Å²) in [4.78, 5) is 0. The van der Waals surface area contributed by atoms with Crippen LogP contribution >= 0.6 is 27.7 Å². The molecular formula is C16H21BrO2S. The average Bonchev–Trinajstić information content (AvgIpc) is 3.06. The van der Waals surface area contributed by atoms with Crippen molar-refractivity contribution in [2.75, 3.05) is 12.4 Å². The fraction of sp³-hybridized carbons (Fsp3) is 0.625. The van der Waals surface area contributed by atoms with E-state index in [9.17, 15) is 5.11 Å². The highest BCUT2D eigenvalue weighted by Crippen LogP contribution is 2.35. The molecule has 1 N–H and O–H groups in total. The van der Waals surface area contributed by atoms with E-state index in [0.717, 1.165) is 39.8 Å². The lowest BCUT2D eigenvalue weighted by molar-refractivity contribution is 0.198. The summed E-state index contributed by atoms with van der Waals surface area (Å²) in [6, 6.07) is 4.22. The van der Waals surface area contributed by atoms with Crippen LogP contribution < -0.4 is 4.74 Å². The average molecular weight is 357 g/mol. The van der Waals surface area contributed by atoms with Gasteiger partial charge in [0.1, 0.15) is 5.75 Å². The highest BCUT2D eigenvalue weighted by molar-refractivity contribution is 9.10. The van der Waals surface area contributed by atoms with Crippen molar-refractivity contribution >= 4 is 27.7 Å². The number of aliphatic hydroxyl groups is 1. The summed E-state index contributed by atoms with van der Waals surface area (Å²) in [7, 11) is 0. The van der Waals surface area contributed by atoms with Crippen LogP contribution in [0, 0.1) is 0 Å². The third-order valence-electron chi connectivity index (χ3n) is 4.11. The van der Waals surface area contributed by atoms with Crippen LogP contribution in [-0.4, -0.2) is 28.8 Å². The number of aliphatic hydroxyl groups excluding tert-OH is 1. The zero-order valence-corrected chi connectivity index (χ0v) is 14.0. The van der Waals surface area contributed by atoms with Gasteiger partial charge in [-0.3, -0.25) is 0 Å². The quantitative estimate of drug-likeness (QED) is 0.865. The Morgan fingerprint density at radius 2 is 2.15 bits per heavy atom. The Bertz CT molecular complexity index is 472. The molecular weight excluding hydrogens is 336 g/mol. The Morgan fingerprint density at radius 3 is 2.95 bits per heavy atom. The summed E-state index contributed by atoms with van der Waals surface area (Å²) >= 11 is 5.50. The van der Waals surface area contributed by atoms with Crippen LogP contribution in [0.15, 0.2) is 16.6 Å². The van der Waals surface area contributed by atoms with Crippen molar-refractivity contribution in [1.82, 2.24) is 0 Å². The van der Waals surface area contributed by atoms with Crippen LogP contribution in [0.4, 0.5) is 0 Å². The molecule has 0 spiro atoms. The van der Waals surface area contributed by atoms with Gasteiger partial charge >= 0.3 is 0 Å². The Morgan fingerprint density at radius 1 is 1.35 bits per heavy atom. The molecule has 110 valence electrons. The number of ether oxygens (including phenoxy) is 1. The minimum Gasteiger partial charge on any atom is -0.493 e. The van der Waals surface area contributed by atoms with Crippen molar-refractivity contribution in [3.63, 3.8) is 0 Å². The molecule has 1 aromatic rings. The van der Waals surface area contributed by atoms with Gasteiger partial charge in [-0.25, -0.2) is 0 Å². The number of hydrogen-bond acceptors (Lipinski definition) is 3. The van der Waals surface area contributed by atoms with Crippen molar-refractivity contribution in [1.29, 1.82) is 0 Å². The van der Waals surface area contributed by atoms with Gasteiger partial charge in [-0.2, -0.15) is 11.8 Å². The first kappa shape index (κ1) is 14.7. The molecule has 2 aliphatic rings. The van der Waals surface area contributed by atoms with Gasteiger partial charge in [-0.1, -0.05) is 28.8 Å². The molecule has 0 amide bonds. The number of fused-ring (bicyclic) bond motifs is 1. The molecule has 0 radical (unpaired) electrons. The van der Waals surface area contributed by atoms with Gasteiger partial charge < -0.3 is 9.84 Å². The lowest BCUT2D eigenvalue weighted by Crippen LogP contribution is -2.16. The van der Waals surface area contributed by atoms with Crippen molar-refractivity contribution in [3.8, 4) is 5.75 Å². The monoisotopic (exact) mass is 356 g/mol. The molecule has 1 fully saturated rings. The smallest absolute Gasteiger partial charge is 0.125 e. The predicted molar refractivity (Wildman–Crippen MR) is 87.8 cm³/mol. The van der Waals surface area contributed by atoms with E-state index in [1.807, 2.05) is 11.8 Å². The summed E-state index contributed by atoms with van der Waals surface area (Å²) in [5.41, 5.74) is 2.41. The third kappa shape index (κ3) is 3.52. The van der Waals surface area contributed by atoms with E-state index in [0.29, 0.717) is 6.42 Å². The Hall–Kier alpha value is -0.190. The highest BCUT2D eigenvalue weighted by atomic mass is 79.9. The first-order valence-corrected chi connectivity index (χ1v) is 9.30. The van der Waals surface area contributed by atoms with Gasteiger partial charge in [0.2, 0.25) is 0 Å². The van der Waals surface area contributed by atoms with Gasteiger partial charge in [0, 0.05) is 28.3 Å². The van der Waals surface area contributed by atoms with Crippen molar-refractivity contribution < 1.29 is 9.84 Å². The molecule has 1 aliphatic heterocycles. The molecule has 0 bridgehead atoms. The van der Waals surface area contributed by atoms with E-state index >= 15 is 0 Å². The lowest BCUT2D eigenvalue weighted by Gasteiger charge is -2.16. The summed E-state index contributed by atoms with van der Waals surface area (Å²) in [5, 5.41) is 11.1. The first-order chi connectivity index (χ1) is 9.72. The maximum atomic E-state index is 10.3. The summed E-state index contributed by atoms with van der Waals surface area (Å²) in [5.74, 6) is 1.85. The number of thioether (sulfide) groups is 1. The number of benzene rings is 1. The minimum atomic E-state index is -0.275. The maximum absolute atomic E-state index is 10.3. The molecule has 1 aromatic carbocycles. The molecule has 0 saturated heterocycles. The van der Waals surface area contributed by atoms with E-state index in [1.54, 1.807) is 0 Å². The van der Waals surface area contributed by atoms with Gasteiger partial charge in [-0.15, -0.1) is 0 Å². The predicted octanol–water partition coefficient (Wildman–Crippen LogP) is 3.96. The molecule has 1 unspecified atom stereocenters. The third-order valence-corrected chi connectivity index (χ3v) is 6.09. The van der Waals surface area contributed by atoms with E-state index in [4.69, 9.17) is 4.74 Å². The van der Waals surface area contributed by atoms with E-state index in [2.05, 4.69) is 28.1 Å². The van der Waals surface area contributed by atoms with Gasteiger partial charge in [-0.05, 0) is 36.1 Å². The number of rotatable bonds is 5. The second-order valence-electron chi connectivity index (χ2n) is 5.75.